The molecule has 0 N–H and O–H groups in total. The minimum Gasteiger partial charge on any atom is -0.494 e. The van der Waals surface area contributed by atoms with Crippen LogP contribution in [0.5, 0.6) is 5.75 Å². The zero-order chi connectivity index (χ0) is 27.4. The van der Waals surface area contributed by atoms with Gasteiger partial charge in [-0.15, -0.1) is 0 Å². The average molecular weight is 522 g/mol. The van der Waals surface area contributed by atoms with E-state index >= 15 is 0 Å². The summed E-state index contributed by atoms with van der Waals surface area (Å²) in [5, 5.41) is 11.0. The van der Waals surface area contributed by atoms with E-state index in [2.05, 4.69) is 10.9 Å². The number of nitriles is 1. The minimum atomic E-state index is -0.916. The second kappa shape index (κ2) is 9.20. The Morgan fingerprint density at radius 2 is 1.79 bits per heavy atom. The third kappa shape index (κ3) is 3.49. The first-order valence-electron chi connectivity index (χ1n) is 13.1. The van der Waals surface area contributed by atoms with Gasteiger partial charge in [0.1, 0.15) is 11.4 Å². The number of carbonyl (C=O) groups is 2. The Bertz CT molecular complexity index is 1570. The molecule has 196 valence electrons. The SMILES string of the molecule is [C-]#[N+]c1ccc(OCCC23C[C@H](OC)C(CC)(O2)[C@@H]2C(=O)N(c4ccc(C#N)c5ccccc45)C(=O)[C@@H]23)cc1. The van der Waals surface area contributed by atoms with E-state index in [0.717, 1.165) is 0 Å². The highest BCUT2D eigenvalue weighted by molar-refractivity contribution is 6.26. The highest BCUT2D eigenvalue weighted by atomic mass is 16.6. The summed E-state index contributed by atoms with van der Waals surface area (Å²) in [6.07, 6.45) is 1.07. The number of benzene rings is 3. The summed E-state index contributed by atoms with van der Waals surface area (Å²) < 4.78 is 18.6. The molecular formula is C31H27N3O5. The third-order valence-electron chi connectivity index (χ3n) is 8.73. The van der Waals surface area contributed by atoms with Crippen molar-refractivity contribution in [2.75, 3.05) is 18.6 Å². The maximum atomic E-state index is 14.2. The molecule has 8 nitrogen and oxygen atoms in total. The van der Waals surface area contributed by atoms with Crippen LogP contribution in [0.25, 0.3) is 15.6 Å². The van der Waals surface area contributed by atoms with Crippen molar-refractivity contribution in [1.29, 1.82) is 5.26 Å². The Kier molecular flexibility index (Phi) is 5.91. The fourth-order valence-electron chi connectivity index (χ4n) is 7.00. The normalized spacial score (nSPS) is 28.9. The van der Waals surface area contributed by atoms with Crippen LogP contribution in [-0.4, -0.2) is 42.8 Å². The van der Waals surface area contributed by atoms with E-state index in [1.54, 1.807) is 43.5 Å². The second-order valence-corrected chi connectivity index (χ2v) is 10.4. The summed E-state index contributed by atoms with van der Waals surface area (Å²) >= 11 is 0. The molecule has 5 atom stereocenters. The molecule has 2 bridgehead atoms. The van der Waals surface area contributed by atoms with Crippen molar-refractivity contribution in [3.8, 4) is 11.8 Å². The Morgan fingerprint density at radius 1 is 1.08 bits per heavy atom. The second-order valence-electron chi connectivity index (χ2n) is 10.4. The number of hydrogen-bond acceptors (Lipinski definition) is 6. The largest absolute Gasteiger partial charge is 0.494 e. The maximum absolute atomic E-state index is 14.2. The van der Waals surface area contributed by atoms with E-state index in [1.807, 2.05) is 31.2 Å². The number of methoxy groups -OCH3 is 1. The summed E-state index contributed by atoms with van der Waals surface area (Å²) in [6, 6.07) is 19.8. The van der Waals surface area contributed by atoms with E-state index < -0.39 is 23.0 Å². The van der Waals surface area contributed by atoms with Crippen LogP contribution in [-0.2, 0) is 19.1 Å². The van der Waals surface area contributed by atoms with Gasteiger partial charge in [-0.25, -0.2) is 9.74 Å². The molecule has 39 heavy (non-hydrogen) atoms. The van der Waals surface area contributed by atoms with Gasteiger partial charge in [0.2, 0.25) is 11.8 Å². The lowest BCUT2D eigenvalue weighted by Crippen LogP contribution is -2.51. The van der Waals surface area contributed by atoms with Crippen molar-refractivity contribution >= 4 is 34.0 Å². The highest BCUT2D eigenvalue weighted by Crippen LogP contribution is 2.64. The number of rotatable bonds is 7. The number of amides is 2. The number of nitrogens with zero attached hydrogens (tertiary/aromatic N) is 3. The first kappa shape index (κ1) is 25.1. The molecular weight excluding hydrogens is 494 g/mol. The van der Waals surface area contributed by atoms with Crippen molar-refractivity contribution in [1.82, 2.24) is 0 Å². The predicted octanol–water partition coefficient (Wildman–Crippen LogP) is 5.17. The van der Waals surface area contributed by atoms with E-state index in [1.165, 1.54) is 4.90 Å². The van der Waals surface area contributed by atoms with Crippen LogP contribution in [0.2, 0.25) is 0 Å². The zero-order valence-corrected chi connectivity index (χ0v) is 21.7. The van der Waals surface area contributed by atoms with Gasteiger partial charge in [0.15, 0.2) is 5.69 Å². The Hall–Kier alpha value is -4.24. The van der Waals surface area contributed by atoms with Gasteiger partial charge in [-0.2, -0.15) is 5.26 Å². The van der Waals surface area contributed by atoms with Crippen LogP contribution in [0.15, 0.2) is 60.7 Å². The fraction of sp³-hybridized carbons (Fsp3) is 0.355. The van der Waals surface area contributed by atoms with Crippen LogP contribution in [0.1, 0.15) is 31.7 Å². The molecule has 0 aliphatic carbocycles. The van der Waals surface area contributed by atoms with Gasteiger partial charge in [-0.3, -0.25) is 9.59 Å². The van der Waals surface area contributed by atoms with Crippen LogP contribution in [0.4, 0.5) is 11.4 Å². The van der Waals surface area contributed by atoms with Crippen LogP contribution < -0.4 is 9.64 Å². The quantitative estimate of drug-likeness (QED) is 0.314. The summed E-state index contributed by atoms with van der Waals surface area (Å²) in [5.41, 5.74) is -0.332. The van der Waals surface area contributed by atoms with Gasteiger partial charge < -0.3 is 14.2 Å². The molecule has 3 aliphatic rings. The number of fused-ring (bicyclic) bond motifs is 6. The molecule has 2 unspecified atom stereocenters. The Labute approximate surface area is 226 Å². The number of hydrogen-bond donors (Lipinski definition) is 0. The molecule has 3 aromatic carbocycles. The summed E-state index contributed by atoms with van der Waals surface area (Å²) in [5.74, 6) is -1.30. The van der Waals surface area contributed by atoms with Gasteiger partial charge in [0.25, 0.3) is 0 Å². The molecule has 8 heteroatoms. The number of carbonyl (C=O) groups excluding carboxylic acids is 2. The van der Waals surface area contributed by atoms with E-state index in [-0.39, 0.29) is 24.5 Å². The van der Waals surface area contributed by atoms with E-state index in [4.69, 9.17) is 20.8 Å². The van der Waals surface area contributed by atoms with Crippen LogP contribution in [0, 0.1) is 29.7 Å². The monoisotopic (exact) mass is 521 g/mol. The highest BCUT2D eigenvalue weighted by Gasteiger charge is 2.78. The van der Waals surface area contributed by atoms with Crippen molar-refractivity contribution < 1.29 is 23.8 Å². The molecule has 3 aromatic rings. The zero-order valence-electron chi connectivity index (χ0n) is 21.7. The molecule has 0 aromatic heterocycles. The van der Waals surface area contributed by atoms with Crippen molar-refractivity contribution in [3.05, 3.63) is 77.6 Å². The Morgan fingerprint density at radius 3 is 2.46 bits per heavy atom. The topological polar surface area (TPSA) is 93.2 Å². The average Bonchev–Trinajstić information content (AvgIpc) is 3.56. The van der Waals surface area contributed by atoms with E-state index in [9.17, 15) is 14.9 Å². The molecule has 0 radical (unpaired) electrons. The summed E-state index contributed by atoms with van der Waals surface area (Å²) in [6.45, 7) is 9.36. The minimum absolute atomic E-state index is 0.276. The smallest absolute Gasteiger partial charge is 0.240 e. The van der Waals surface area contributed by atoms with Crippen molar-refractivity contribution in [2.24, 2.45) is 11.8 Å². The fourth-order valence-corrected chi connectivity index (χ4v) is 7.00. The van der Waals surface area contributed by atoms with Crippen molar-refractivity contribution in [2.45, 2.75) is 43.5 Å². The Balaban J connectivity index is 1.37. The van der Waals surface area contributed by atoms with Gasteiger partial charge in [0.05, 0.1) is 54.0 Å². The van der Waals surface area contributed by atoms with E-state index in [0.29, 0.717) is 52.7 Å². The summed E-state index contributed by atoms with van der Waals surface area (Å²) in [4.78, 5) is 33.1. The maximum Gasteiger partial charge on any atom is 0.240 e. The van der Waals surface area contributed by atoms with Gasteiger partial charge in [0, 0.05) is 30.7 Å². The lowest BCUT2D eigenvalue weighted by atomic mass is 9.64. The molecule has 0 spiro atoms. The molecule has 3 saturated heterocycles. The number of ether oxygens (including phenoxy) is 3. The lowest BCUT2D eigenvalue weighted by Gasteiger charge is -2.36. The predicted molar refractivity (Wildman–Crippen MR) is 143 cm³/mol. The van der Waals surface area contributed by atoms with Gasteiger partial charge in [-0.1, -0.05) is 43.3 Å². The van der Waals surface area contributed by atoms with Crippen LogP contribution >= 0.6 is 0 Å². The van der Waals surface area contributed by atoms with Gasteiger partial charge in [-0.05, 0) is 30.7 Å². The molecule has 3 fully saturated rings. The first-order chi connectivity index (χ1) is 18.9. The molecule has 3 aliphatic heterocycles. The lowest BCUT2D eigenvalue weighted by molar-refractivity contribution is -0.138. The first-order valence-corrected chi connectivity index (χ1v) is 13.1. The summed E-state index contributed by atoms with van der Waals surface area (Å²) in [7, 11) is 1.62. The molecule has 0 saturated carbocycles. The molecule has 3 heterocycles. The molecule has 6 rings (SSSR count). The van der Waals surface area contributed by atoms with Crippen molar-refractivity contribution in [3.63, 3.8) is 0 Å². The standard InChI is InChI=1S/C31H27N3O5/c1-4-31-25(37-3)17-30(39-31,15-16-38-21-12-10-20(33-2)11-13-21)26-27(31)29(36)34(28(26)35)24-14-9-19(18-32)22-7-5-6-8-23(22)24/h5-14,25-27H,4,15-17H2,1,3H3/t25-,26+,27-,30?,31?/m0/s1. The number of anilines is 1. The number of imide groups is 1. The van der Waals surface area contributed by atoms with Gasteiger partial charge >= 0.3 is 0 Å². The third-order valence-corrected chi connectivity index (χ3v) is 8.73. The molecule has 2 amide bonds. The van der Waals surface area contributed by atoms with Crippen LogP contribution in [0.3, 0.4) is 0 Å².